The molecule has 0 aliphatic carbocycles. The van der Waals surface area contributed by atoms with Crippen LogP contribution in [0.1, 0.15) is 18.9 Å². The molecule has 1 saturated heterocycles. The van der Waals surface area contributed by atoms with Gasteiger partial charge in [0, 0.05) is 25.1 Å². The lowest BCUT2D eigenvalue weighted by atomic mass is 9.94. The first-order valence-electron chi connectivity index (χ1n) is 7.49. The highest BCUT2D eigenvalue weighted by atomic mass is 16.3. The molecule has 3 rings (SSSR count). The molecule has 0 aromatic heterocycles. The molecule has 3 atom stereocenters. The quantitative estimate of drug-likeness (QED) is 0.725. The maximum absolute atomic E-state index is 12.6. The Morgan fingerprint density at radius 3 is 2.86 bits per heavy atom. The average molecular weight is 303 g/mol. The molecule has 0 bridgehead atoms. The Kier molecular flexibility index (Phi) is 3.66. The molecule has 3 N–H and O–H groups in total. The number of amides is 2. The third-order valence-electron chi connectivity index (χ3n) is 4.77. The van der Waals surface area contributed by atoms with E-state index in [0.29, 0.717) is 19.4 Å². The number of rotatable bonds is 2. The summed E-state index contributed by atoms with van der Waals surface area (Å²) in [5.41, 5.74) is 1.03. The fourth-order valence-corrected chi connectivity index (χ4v) is 3.25. The first-order valence-corrected chi connectivity index (χ1v) is 7.49. The van der Waals surface area contributed by atoms with E-state index in [2.05, 4.69) is 10.6 Å². The topological polar surface area (TPSA) is 81.7 Å². The summed E-state index contributed by atoms with van der Waals surface area (Å²) in [7, 11) is 1.81. The minimum atomic E-state index is -0.781. The molecule has 0 radical (unpaired) electrons. The van der Waals surface area contributed by atoms with Crippen LogP contribution >= 0.6 is 0 Å². The van der Waals surface area contributed by atoms with Crippen molar-refractivity contribution in [3.05, 3.63) is 29.8 Å². The third-order valence-corrected chi connectivity index (χ3v) is 4.77. The minimum Gasteiger partial charge on any atom is -0.392 e. The van der Waals surface area contributed by atoms with Crippen molar-refractivity contribution in [2.75, 3.05) is 18.9 Å². The van der Waals surface area contributed by atoms with Crippen LogP contribution in [0.2, 0.25) is 0 Å². The van der Waals surface area contributed by atoms with Gasteiger partial charge in [-0.15, -0.1) is 0 Å². The van der Waals surface area contributed by atoms with Gasteiger partial charge in [0.1, 0.15) is 6.04 Å². The molecule has 2 aliphatic rings. The van der Waals surface area contributed by atoms with Crippen molar-refractivity contribution < 1.29 is 14.7 Å². The lowest BCUT2D eigenvalue weighted by Gasteiger charge is -2.33. The van der Waals surface area contributed by atoms with E-state index in [0.717, 1.165) is 11.3 Å². The van der Waals surface area contributed by atoms with Gasteiger partial charge in [-0.1, -0.05) is 18.2 Å². The van der Waals surface area contributed by atoms with Crippen LogP contribution in [0.25, 0.3) is 0 Å². The number of carbonyl (C=O) groups excluding carboxylic acids is 2. The van der Waals surface area contributed by atoms with E-state index < -0.39 is 17.7 Å². The van der Waals surface area contributed by atoms with Crippen LogP contribution in [-0.2, 0) is 16.0 Å². The monoisotopic (exact) mass is 303 g/mol. The summed E-state index contributed by atoms with van der Waals surface area (Å²) in [6.07, 6.45) is 0.345. The van der Waals surface area contributed by atoms with E-state index >= 15 is 0 Å². The lowest BCUT2D eigenvalue weighted by molar-refractivity contribution is -0.133. The van der Waals surface area contributed by atoms with Crippen LogP contribution in [0.4, 0.5) is 5.69 Å². The van der Waals surface area contributed by atoms with Crippen LogP contribution in [0.3, 0.4) is 0 Å². The van der Waals surface area contributed by atoms with Gasteiger partial charge in [0.15, 0.2) is 0 Å². The van der Waals surface area contributed by atoms with E-state index in [9.17, 15) is 14.7 Å². The molecular formula is C16H21N3O3. The maximum Gasteiger partial charge on any atom is 0.247 e. The van der Waals surface area contributed by atoms with E-state index in [4.69, 9.17) is 0 Å². The normalized spacial score (nSPS) is 31.5. The Labute approximate surface area is 129 Å². The van der Waals surface area contributed by atoms with Gasteiger partial charge in [-0.05, 0) is 25.6 Å². The Hall–Kier alpha value is -1.92. The van der Waals surface area contributed by atoms with Crippen molar-refractivity contribution in [3.8, 4) is 0 Å². The van der Waals surface area contributed by atoms with Crippen LogP contribution in [0.15, 0.2) is 24.3 Å². The zero-order valence-corrected chi connectivity index (χ0v) is 12.8. The fourth-order valence-electron chi connectivity index (χ4n) is 3.25. The molecule has 1 aromatic carbocycles. The zero-order chi connectivity index (χ0) is 15.9. The van der Waals surface area contributed by atoms with Crippen molar-refractivity contribution >= 4 is 17.5 Å². The summed E-state index contributed by atoms with van der Waals surface area (Å²) in [5, 5.41) is 15.4. The standard InChI is InChI=1S/C16H21N3O3/c1-16(8-11(20)9-19(16)2)15(22)18-13-7-10-5-3-4-6-12(10)17-14(13)21/h3-6,11,13,20H,7-9H2,1-2H3,(H,17,21)(H,18,22). The number of para-hydroxylation sites is 1. The molecule has 2 heterocycles. The van der Waals surface area contributed by atoms with Crippen LogP contribution in [0.5, 0.6) is 0 Å². The smallest absolute Gasteiger partial charge is 0.247 e. The number of likely N-dealkylation sites (N-methyl/N-ethyl adjacent to an activating group) is 1. The second-order valence-electron chi connectivity index (χ2n) is 6.39. The van der Waals surface area contributed by atoms with Crippen LogP contribution < -0.4 is 10.6 Å². The van der Waals surface area contributed by atoms with Crippen molar-refractivity contribution in [2.45, 2.75) is 37.5 Å². The average Bonchev–Trinajstić information content (AvgIpc) is 2.73. The van der Waals surface area contributed by atoms with Gasteiger partial charge in [0.05, 0.1) is 11.6 Å². The van der Waals surface area contributed by atoms with Gasteiger partial charge in [-0.3, -0.25) is 14.5 Å². The molecule has 3 unspecified atom stereocenters. The molecule has 2 amide bonds. The number of anilines is 1. The van der Waals surface area contributed by atoms with Gasteiger partial charge < -0.3 is 15.7 Å². The minimum absolute atomic E-state index is 0.197. The Morgan fingerprint density at radius 1 is 1.45 bits per heavy atom. The number of benzene rings is 1. The number of hydrogen-bond donors (Lipinski definition) is 3. The predicted octanol–water partition coefficient (Wildman–Crippen LogP) is 0.121. The summed E-state index contributed by atoms with van der Waals surface area (Å²) >= 11 is 0. The number of carbonyl (C=O) groups is 2. The molecule has 0 saturated carbocycles. The number of nitrogens with one attached hydrogen (secondary N) is 2. The molecule has 2 aliphatic heterocycles. The van der Waals surface area contributed by atoms with Gasteiger partial charge in [0.25, 0.3) is 0 Å². The second-order valence-corrected chi connectivity index (χ2v) is 6.39. The molecule has 0 spiro atoms. The molecule has 22 heavy (non-hydrogen) atoms. The van der Waals surface area contributed by atoms with E-state index in [1.807, 2.05) is 36.2 Å². The summed E-state index contributed by atoms with van der Waals surface area (Å²) in [6.45, 7) is 2.26. The van der Waals surface area contributed by atoms with Crippen LogP contribution in [-0.4, -0.2) is 53.1 Å². The zero-order valence-electron chi connectivity index (χ0n) is 12.8. The highest BCUT2D eigenvalue weighted by molar-refractivity contribution is 6.01. The molecule has 1 fully saturated rings. The van der Waals surface area contributed by atoms with Gasteiger partial charge in [0.2, 0.25) is 11.8 Å². The highest BCUT2D eigenvalue weighted by Gasteiger charge is 2.46. The van der Waals surface area contributed by atoms with E-state index in [1.165, 1.54) is 0 Å². The van der Waals surface area contributed by atoms with Crippen molar-refractivity contribution in [2.24, 2.45) is 0 Å². The number of hydrogen-bond acceptors (Lipinski definition) is 4. The summed E-state index contributed by atoms with van der Waals surface area (Å²) in [4.78, 5) is 26.6. The number of β-amino-alcohol motifs (C(OH)–C–C–N with tert-alkyl or cyclic N) is 1. The Morgan fingerprint density at radius 2 is 2.18 bits per heavy atom. The number of nitrogens with zero attached hydrogens (tertiary/aromatic N) is 1. The largest absolute Gasteiger partial charge is 0.392 e. The highest BCUT2D eigenvalue weighted by Crippen LogP contribution is 2.29. The first kappa shape index (κ1) is 15.0. The third kappa shape index (κ3) is 2.48. The molecule has 6 nitrogen and oxygen atoms in total. The van der Waals surface area contributed by atoms with Crippen molar-refractivity contribution in [1.29, 1.82) is 0 Å². The van der Waals surface area contributed by atoms with Gasteiger partial charge >= 0.3 is 0 Å². The Balaban J connectivity index is 1.74. The Bertz CT molecular complexity index is 618. The summed E-state index contributed by atoms with van der Waals surface area (Å²) in [6, 6.07) is 7.01. The summed E-state index contributed by atoms with van der Waals surface area (Å²) < 4.78 is 0. The maximum atomic E-state index is 12.6. The molecular weight excluding hydrogens is 282 g/mol. The van der Waals surface area contributed by atoms with Gasteiger partial charge in [-0.2, -0.15) is 0 Å². The van der Waals surface area contributed by atoms with Crippen LogP contribution in [0, 0.1) is 0 Å². The number of aliphatic hydroxyl groups excluding tert-OH is 1. The number of likely N-dealkylation sites (tertiary alicyclic amines) is 1. The fraction of sp³-hybridized carbons (Fsp3) is 0.500. The lowest BCUT2D eigenvalue weighted by Crippen LogP contribution is -2.57. The second kappa shape index (κ2) is 5.37. The van der Waals surface area contributed by atoms with Crippen molar-refractivity contribution in [1.82, 2.24) is 10.2 Å². The SMILES string of the molecule is CN1CC(O)CC1(C)C(=O)NC1Cc2ccccc2NC1=O. The molecule has 118 valence electrons. The first-order chi connectivity index (χ1) is 10.4. The van der Waals surface area contributed by atoms with Crippen molar-refractivity contribution in [3.63, 3.8) is 0 Å². The number of fused-ring (bicyclic) bond motifs is 1. The predicted molar refractivity (Wildman–Crippen MR) is 82.4 cm³/mol. The number of aliphatic hydroxyl groups is 1. The molecule has 6 heteroatoms. The molecule has 1 aromatic rings. The summed E-state index contributed by atoms with van der Waals surface area (Å²) in [5.74, 6) is -0.414. The van der Waals surface area contributed by atoms with E-state index in [1.54, 1.807) is 6.92 Å². The van der Waals surface area contributed by atoms with Gasteiger partial charge in [-0.25, -0.2) is 0 Å². The van der Waals surface area contributed by atoms with E-state index in [-0.39, 0.29) is 11.8 Å².